The molecule has 1 aliphatic rings. The second-order valence-electron chi connectivity index (χ2n) is 6.54. The average molecular weight is 529 g/mol. The molecule has 0 heterocycles. The van der Waals surface area contributed by atoms with Crippen molar-refractivity contribution in [1.82, 2.24) is 0 Å². The third-order valence-electron chi connectivity index (χ3n) is 4.38. The summed E-state index contributed by atoms with van der Waals surface area (Å²) in [6, 6.07) is 10.8. The van der Waals surface area contributed by atoms with Gasteiger partial charge in [-0.15, -0.1) is 0 Å². The molecule has 1 fully saturated rings. The second kappa shape index (κ2) is 13.5. The van der Waals surface area contributed by atoms with Crippen molar-refractivity contribution in [2.24, 2.45) is 10.2 Å². The minimum atomic E-state index is -4.47. The predicted molar refractivity (Wildman–Crippen MR) is 109 cm³/mol. The van der Waals surface area contributed by atoms with Crippen LogP contribution in [0.1, 0.15) is 25.7 Å². The van der Waals surface area contributed by atoms with Crippen LogP contribution in [0.3, 0.4) is 0 Å². The van der Waals surface area contributed by atoms with E-state index in [1.807, 2.05) is 0 Å². The van der Waals surface area contributed by atoms with E-state index in [0.29, 0.717) is 37.1 Å². The summed E-state index contributed by atoms with van der Waals surface area (Å²) in [5, 5.41) is 8.62. The molecule has 2 aromatic carbocycles. The van der Waals surface area contributed by atoms with Crippen LogP contribution in [0.25, 0.3) is 0 Å². The first-order valence-electron chi connectivity index (χ1n) is 8.86. The number of hydrogen-bond donors (Lipinski definition) is 2. The summed E-state index contributed by atoms with van der Waals surface area (Å²) in [6.45, 7) is 0. The van der Waals surface area contributed by atoms with Gasteiger partial charge in [-0.25, -0.2) is 16.8 Å². The van der Waals surface area contributed by atoms with E-state index in [9.17, 15) is 25.9 Å². The summed E-state index contributed by atoms with van der Waals surface area (Å²) in [5.41, 5.74) is 8.69. The number of hydrogen-bond acceptors (Lipinski definition) is 10. The number of nitrogens with zero attached hydrogens (tertiary/aromatic N) is 2. The van der Waals surface area contributed by atoms with E-state index in [0.717, 1.165) is 11.4 Å². The number of nitrogens with one attached hydrogen (secondary N) is 2. The van der Waals surface area contributed by atoms with Crippen LogP contribution in [-0.4, -0.2) is 37.4 Å². The van der Waals surface area contributed by atoms with Gasteiger partial charge in [-0.3, -0.25) is 10.9 Å². The van der Waals surface area contributed by atoms with Crippen molar-refractivity contribution < 1.29 is 129 Å². The molecular formula is C18H18K2N4O6S2. The fraction of sp³-hybridized carbons (Fsp3) is 0.222. The summed E-state index contributed by atoms with van der Waals surface area (Å²) < 4.78 is 65.5. The maximum atomic E-state index is 10.9. The first-order chi connectivity index (χ1) is 14.1. The van der Waals surface area contributed by atoms with Crippen LogP contribution >= 0.6 is 0 Å². The fourth-order valence-corrected chi connectivity index (χ4v) is 3.67. The minimum absolute atomic E-state index is 0. The van der Waals surface area contributed by atoms with Gasteiger partial charge in [0.25, 0.3) is 0 Å². The molecule has 14 heteroatoms. The third kappa shape index (κ3) is 9.61. The molecule has 160 valence electrons. The molecule has 0 spiro atoms. The van der Waals surface area contributed by atoms with Crippen molar-refractivity contribution in [3.63, 3.8) is 0 Å². The van der Waals surface area contributed by atoms with Gasteiger partial charge in [0.15, 0.2) is 0 Å². The largest absolute Gasteiger partial charge is 1.00 e. The Morgan fingerprint density at radius 2 is 0.875 bits per heavy atom. The zero-order valence-electron chi connectivity index (χ0n) is 17.6. The Labute approximate surface area is 272 Å². The Hall–Kier alpha value is 0.473. The van der Waals surface area contributed by atoms with E-state index >= 15 is 0 Å². The summed E-state index contributed by atoms with van der Waals surface area (Å²) in [7, 11) is -8.94. The van der Waals surface area contributed by atoms with Gasteiger partial charge in [0.1, 0.15) is 20.2 Å². The topological polar surface area (TPSA) is 163 Å². The molecule has 1 saturated carbocycles. The van der Waals surface area contributed by atoms with E-state index < -0.39 is 20.2 Å². The van der Waals surface area contributed by atoms with Crippen LogP contribution in [0.15, 0.2) is 68.5 Å². The van der Waals surface area contributed by atoms with Crippen LogP contribution < -0.4 is 114 Å². The Morgan fingerprint density at radius 3 is 1.12 bits per heavy atom. The smallest absolute Gasteiger partial charge is 0.744 e. The predicted octanol–water partition coefficient (Wildman–Crippen LogP) is -3.69. The van der Waals surface area contributed by atoms with Gasteiger partial charge >= 0.3 is 103 Å². The van der Waals surface area contributed by atoms with Crippen molar-refractivity contribution in [1.29, 1.82) is 0 Å². The molecule has 2 N–H and O–H groups in total. The van der Waals surface area contributed by atoms with Gasteiger partial charge in [-0.05, 0) is 74.2 Å². The van der Waals surface area contributed by atoms with Gasteiger partial charge in [0.05, 0.1) is 21.2 Å². The summed E-state index contributed by atoms with van der Waals surface area (Å²) in [6.07, 6.45) is 2.75. The quantitative estimate of drug-likeness (QED) is 0.220. The first kappa shape index (κ1) is 30.5. The van der Waals surface area contributed by atoms with Gasteiger partial charge in [-0.2, -0.15) is 10.2 Å². The van der Waals surface area contributed by atoms with E-state index in [-0.39, 0.29) is 113 Å². The maximum absolute atomic E-state index is 10.9. The van der Waals surface area contributed by atoms with Crippen molar-refractivity contribution in [3.05, 3.63) is 48.5 Å². The Balaban J connectivity index is 0.00000256. The van der Waals surface area contributed by atoms with Gasteiger partial charge in [-0.1, -0.05) is 0 Å². The molecule has 0 bridgehead atoms. The van der Waals surface area contributed by atoms with Crippen LogP contribution in [0.4, 0.5) is 11.4 Å². The molecule has 0 radical (unpaired) electrons. The van der Waals surface area contributed by atoms with Crippen molar-refractivity contribution >= 4 is 43.0 Å². The molecule has 0 saturated heterocycles. The summed E-state index contributed by atoms with van der Waals surface area (Å²) >= 11 is 0. The molecule has 10 nitrogen and oxygen atoms in total. The molecule has 0 aromatic heterocycles. The molecule has 0 aliphatic heterocycles. The van der Waals surface area contributed by atoms with Gasteiger partial charge in [0, 0.05) is 11.4 Å². The molecule has 0 unspecified atom stereocenters. The van der Waals surface area contributed by atoms with Crippen LogP contribution in [0.5, 0.6) is 0 Å². The van der Waals surface area contributed by atoms with Crippen LogP contribution in [-0.2, 0) is 20.2 Å². The van der Waals surface area contributed by atoms with Crippen molar-refractivity contribution in [3.8, 4) is 0 Å². The number of hydrazone groups is 2. The molecule has 1 aliphatic carbocycles. The van der Waals surface area contributed by atoms with Crippen LogP contribution in [0, 0.1) is 0 Å². The standard InChI is InChI=1S/C18H20N4O6S2.2K/c23-29(24,25)17-9-5-15(6-10-17)21-19-13-1-2-14(4-3-13)20-22-16-7-11-18(12-8-16)30(26,27)28;;/h5-12,21-22H,1-4H2,(H,23,24,25)(H,26,27,28);;/q;2*+1/p-2. The van der Waals surface area contributed by atoms with Crippen molar-refractivity contribution in [2.75, 3.05) is 10.9 Å². The van der Waals surface area contributed by atoms with E-state index in [2.05, 4.69) is 21.1 Å². The van der Waals surface area contributed by atoms with E-state index in [4.69, 9.17) is 0 Å². The van der Waals surface area contributed by atoms with E-state index in [1.54, 1.807) is 0 Å². The number of anilines is 2. The molecule has 2 aromatic rings. The van der Waals surface area contributed by atoms with E-state index in [1.165, 1.54) is 48.5 Å². The average Bonchev–Trinajstić information content (AvgIpc) is 2.71. The fourth-order valence-electron chi connectivity index (χ4n) is 2.73. The third-order valence-corrected chi connectivity index (χ3v) is 6.08. The number of benzene rings is 2. The van der Waals surface area contributed by atoms with Crippen molar-refractivity contribution in [2.45, 2.75) is 35.5 Å². The molecule has 3 rings (SSSR count). The zero-order chi connectivity index (χ0) is 21.8. The molecule has 0 atom stereocenters. The zero-order valence-corrected chi connectivity index (χ0v) is 25.5. The van der Waals surface area contributed by atoms with Crippen LogP contribution in [0.2, 0.25) is 0 Å². The van der Waals surface area contributed by atoms with Gasteiger partial charge < -0.3 is 9.11 Å². The Bertz CT molecular complexity index is 1080. The molecule has 0 amide bonds. The second-order valence-corrected chi connectivity index (χ2v) is 9.30. The molecular weight excluding hydrogens is 511 g/mol. The SMILES string of the molecule is O=S(=O)([O-])c1ccc(NN=C2CCC(=NNc3ccc(S(=O)(=O)[O-])cc3)CC2)cc1.[K+].[K+]. The number of rotatable bonds is 6. The maximum Gasteiger partial charge on any atom is 1.00 e. The summed E-state index contributed by atoms with van der Waals surface area (Å²) in [5.74, 6) is 0. The molecule has 32 heavy (non-hydrogen) atoms. The Morgan fingerprint density at radius 1 is 0.594 bits per heavy atom. The minimum Gasteiger partial charge on any atom is -0.744 e. The monoisotopic (exact) mass is 528 g/mol. The van der Waals surface area contributed by atoms with Gasteiger partial charge in [0.2, 0.25) is 0 Å². The Kier molecular flexibility index (Phi) is 12.9. The normalized spacial score (nSPS) is 13.9. The summed E-state index contributed by atoms with van der Waals surface area (Å²) in [4.78, 5) is -0.591. The first-order valence-corrected chi connectivity index (χ1v) is 11.7.